The maximum atomic E-state index is 8.58. The predicted octanol–water partition coefficient (Wildman–Crippen LogP) is 1.64. The highest BCUT2D eigenvalue weighted by Crippen LogP contribution is 2.14. The molecular formula is C10H15O2P. The molecule has 0 aromatic heterocycles. The van der Waals surface area contributed by atoms with Gasteiger partial charge in [-0.3, -0.25) is 0 Å². The molecule has 1 rings (SSSR count). The molecule has 0 radical (unpaired) electrons. The maximum absolute atomic E-state index is 8.58. The number of aliphatic hydroxyl groups is 1. The van der Waals surface area contributed by atoms with E-state index in [4.69, 9.17) is 9.84 Å². The van der Waals surface area contributed by atoms with Crippen molar-refractivity contribution in [3.05, 3.63) is 35.6 Å². The van der Waals surface area contributed by atoms with Crippen molar-refractivity contribution in [2.75, 3.05) is 19.4 Å². The summed E-state index contributed by atoms with van der Waals surface area (Å²) in [6.07, 6.45) is 9.92. The lowest BCUT2D eigenvalue weighted by molar-refractivity contribution is 0.142. The van der Waals surface area contributed by atoms with E-state index in [-0.39, 0.29) is 6.61 Å². The summed E-state index contributed by atoms with van der Waals surface area (Å²) < 4.78 is 5.31. The van der Waals surface area contributed by atoms with Gasteiger partial charge in [0.25, 0.3) is 0 Å². The second kappa shape index (κ2) is 5.95. The molecule has 2 nitrogen and oxygen atoms in total. The van der Waals surface area contributed by atoms with Crippen molar-refractivity contribution in [1.29, 1.82) is 0 Å². The highest BCUT2D eigenvalue weighted by Gasteiger charge is 1.99. The quantitative estimate of drug-likeness (QED) is 0.696. The minimum atomic E-state index is 0.0707. The van der Waals surface area contributed by atoms with Crippen LogP contribution in [0, 0.1) is 0 Å². The third-order valence-electron chi connectivity index (χ3n) is 1.77. The summed E-state index contributed by atoms with van der Waals surface area (Å²) in [5, 5.41) is 8.58. The zero-order chi connectivity index (χ0) is 9.52. The lowest BCUT2D eigenvalue weighted by Gasteiger charge is -2.05. The second-order valence-corrected chi connectivity index (χ2v) is 3.16. The van der Waals surface area contributed by atoms with Crippen LogP contribution in [0.3, 0.4) is 0 Å². The van der Waals surface area contributed by atoms with Crippen molar-refractivity contribution in [1.82, 2.24) is 0 Å². The van der Waals surface area contributed by atoms with Crippen LogP contribution in [0.1, 0.15) is 6.42 Å². The van der Waals surface area contributed by atoms with Gasteiger partial charge in [-0.25, -0.2) is 0 Å². The van der Waals surface area contributed by atoms with Gasteiger partial charge in [-0.15, -0.1) is 9.24 Å². The van der Waals surface area contributed by atoms with Crippen molar-refractivity contribution in [2.24, 2.45) is 0 Å². The topological polar surface area (TPSA) is 29.5 Å². The van der Waals surface area contributed by atoms with Crippen LogP contribution in [0.2, 0.25) is 0 Å². The fourth-order valence-corrected chi connectivity index (χ4v) is 1.38. The summed E-state index contributed by atoms with van der Waals surface area (Å²) in [5.41, 5.74) is 1.30. The maximum Gasteiger partial charge on any atom is 0.111 e. The highest BCUT2D eigenvalue weighted by molar-refractivity contribution is 7.16. The summed E-state index contributed by atoms with van der Waals surface area (Å²) >= 11 is 0. The second-order valence-electron chi connectivity index (χ2n) is 2.75. The largest absolute Gasteiger partial charge is 0.495 e. The Morgan fingerprint density at radius 2 is 2.38 bits per heavy atom. The summed E-state index contributed by atoms with van der Waals surface area (Å²) in [7, 11) is 2.69. The number of hydrogen-bond donors (Lipinski definition) is 1. The molecule has 1 atom stereocenters. The summed E-state index contributed by atoms with van der Waals surface area (Å²) in [6.45, 7) is 0.449. The van der Waals surface area contributed by atoms with Gasteiger partial charge in [0.15, 0.2) is 0 Å². The monoisotopic (exact) mass is 198 g/mol. The van der Waals surface area contributed by atoms with E-state index in [1.54, 1.807) is 0 Å². The van der Waals surface area contributed by atoms with E-state index in [1.165, 1.54) is 5.57 Å². The van der Waals surface area contributed by atoms with Crippen molar-refractivity contribution < 1.29 is 9.84 Å². The molecule has 0 aliphatic heterocycles. The molecule has 72 valence electrons. The Morgan fingerprint density at radius 3 is 3.08 bits per heavy atom. The average molecular weight is 198 g/mol. The molecule has 3 heteroatoms. The van der Waals surface area contributed by atoms with Crippen LogP contribution in [0.5, 0.6) is 0 Å². The Bertz CT molecular complexity index is 241. The molecule has 13 heavy (non-hydrogen) atoms. The zero-order valence-corrected chi connectivity index (χ0v) is 8.73. The summed E-state index contributed by atoms with van der Waals surface area (Å²) in [6, 6.07) is 0. The first-order chi connectivity index (χ1) is 6.36. The molecule has 1 aliphatic carbocycles. The van der Waals surface area contributed by atoms with Crippen LogP contribution in [0.15, 0.2) is 35.6 Å². The molecule has 0 heterocycles. The first-order valence-corrected chi connectivity index (χ1v) is 5.18. The fraction of sp³-hybridized carbons (Fsp3) is 0.400. The molecule has 0 aromatic carbocycles. The number of ether oxygens (including phenoxy) is 1. The van der Waals surface area contributed by atoms with Gasteiger partial charge >= 0.3 is 0 Å². The van der Waals surface area contributed by atoms with Gasteiger partial charge in [0.05, 0.1) is 12.4 Å². The van der Waals surface area contributed by atoms with Crippen LogP contribution >= 0.6 is 9.24 Å². The number of rotatable bonds is 4. The van der Waals surface area contributed by atoms with E-state index < -0.39 is 0 Å². The average Bonchev–Trinajstić information content (AvgIpc) is 2.39. The molecule has 0 amide bonds. The molecule has 1 aliphatic rings. The van der Waals surface area contributed by atoms with Crippen LogP contribution < -0.4 is 0 Å². The van der Waals surface area contributed by atoms with E-state index in [2.05, 4.69) is 21.4 Å². The minimum Gasteiger partial charge on any atom is -0.495 e. The molecule has 0 bridgehead atoms. The van der Waals surface area contributed by atoms with Gasteiger partial charge in [-0.2, -0.15) is 0 Å². The smallest absolute Gasteiger partial charge is 0.111 e. The van der Waals surface area contributed by atoms with Gasteiger partial charge in [0.1, 0.15) is 6.61 Å². The fourth-order valence-electron chi connectivity index (χ4n) is 1.08. The first-order valence-electron chi connectivity index (χ1n) is 4.37. The number of aliphatic hydroxyl groups excluding tert-OH is 1. The van der Waals surface area contributed by atoms with Gasteiger partial charge in [0, 0.05) is 6.42 Å². The van der Waals surface area contributed by atoms with Crippen molar-refractivity contribution in [3.8, 4) is 0 Å². The van der Waals surface area contributed by atoms with Gasteiger partial charge in [0.2, 0.25) is 0 Å². The molecule has 0 saturated heterocycles. The van der Waals surface area contributed by atoms with Crippen molar-refractivity contribution in [2.45, 2.75) is 6.42 Å². The van der Waals surface area contributed by atoms with Crippen molar-refractivity contribution >= 4 is 9.24 Å². The van der Waals surface area contributed by atoms with Crippen LogP contribution in [-0.2, 0) is 4.74 Å². The first kappa shape index (κ1) is 10.5. The molecule has 0 aromatic rings. The van der Waals surface area contributed by atoms with E-state index >= 15 is 0 Å². The van der Waals surface area contributed by atoms with Crippen LogP contribution in [-0.4, -0.2) is 24.5 Å². The van der Waals surface area contributed by atoms with E-state index in [0.29, 0.717) is 6.61 Å². The lowest BCUT2D eigenvalue weighted by atomic mass is 10.2. The third kappa shape index (κ3) is 3.75. The van der Waals surface area contributed by atoms with Crippen LogP contribution in [0.4, 0.5) is 0 Å². The van der Waals surface area contributed by atoms with E-state index in [0.717, 1.165) is 18.3 Å². The summed E-state index contributed by atoms with van der Waals surface area (Å²) in [4.78, 5) is 0. The summed E-state index contributed by atoms with van der Waals surface area (Å²) in [5.74, 6) is 0.916. The molecule has 0 spiro atoms. The van der Waals surface area contributed by atoms with Gasteiger partial charge < -0.3 is 9.84 Å². The SMILES string of the molecule is OCCOC1=CC=CC(CP)=CC1. The highest BCUT2D eigenvalue weighted by atomic mass is 31.0. The Kier molecular flexibility index (Phi) is 4.81. The van der Waals surface area contributed by atoms with Crippen LogP contribution in [0.25, 0.3) is 0 Å². The zero-order valence-electron chi connectivity index (χ0n) is 7.57. The lowest BCUT2D eigenvalue weighted by Crippen LogP contribution is -1.98. The molecule has 1 N–H and O–H groups in total. The van der Waals surface area contributed by atoms with E-state index in [1.807, 2.05) is 12.2 Å². The van der Waals surface area contributed by atoms with Gasteiger partial charge in [-0.1, -0.05) is 18.2 Å². The van der Waals surface area contributed by atoms with E-state index in [9.17, 15) is 0 Å². The Labute approximate surface area is 81.2 Å². The Hall–Kier alpha value is -0.590. The van der Waals surface area contributed by atoms with Crippen molar-refractivity contribution in [3.63, 3.8) is 0 Å². The number of allylic oxidation sites excluding steroid dienone is 5. The molecule has 0 saturated carbocycles. The van der Waals surface area contributed by atoms with Gasteiger partial charge in [-0.05, 0) is 17.8 Å². The Morgan fingerprint density at radius 1 is 1.54 bits per heavy atom. The molecular weight excluding hydrogens is 183 g/mol. The number of hydrogen-bond acceptors (Lipinski definition) is 2. The molecule has 1 unspecified atom stereocenters. The third-order valence-corrected chi connectivity index (χ3v) is 2.24. The predicted molar refractivity (Wildman–Crippen MR) is 57.5 cm³/mol. The standard InChI is InChI=1S/C10H15O2P/c11-6-7-12-10-3-1-2-9(8-13)4-5-10/h1-4,11H,5-8,13H2. The Balaban J connectivity index is 2.48. The normalized spacial score (nSPS) is 16.2. The molecule has 0 fully saturated rings. The minimum absolute atomic E-state index is 0.0707.